The van der Waals surface area contributed by atoms with E-state index in [2.05, 4.69) is 0 Å². The molecule has 1 aliphatic heterocycles. The first-order chi connectivity index (χ1) is 15.3. The fourth-order valence-electron chi connectivity index (χ4n) is 3.96. The highest BCUT2D eigenvalue weighted by molar-refractivity contribution is 6.46. The van der Waals surface area contributed by atoms with Crippen molar-refractivity contribution in [3.8, 4) is 5.75 Å². The maximum atomic E-state index is 13.1. The Morgan fingerprint density at radius 3 is 2.56 bits per heavy atom. The summed E-state index contributed by atoms with van der Waals surface area (Å²) in [5, 5.41) is 11.6. The second-order valence-corrected chi connectivity index (χ2v) is 8.49. The number of ether oxygens (including phenoxy) is 1. The number of aliphatic hydroxyl groups is 1. The van der Waals surface area contributed by atoms with E-state index in [1.807, 2.05) is 57.1 Å². The number of nitrogens with zero attached hydrogens (tertiary/aromatic N) is 2. The minimum absolute atomic E-state index is 0.0823. The van der Waals surface area contributed by atoms with Crippen LogP contribution >= 0.6 is 11.6 Å². The van der Waals surface area contributed by atoms with Gasteiger partial charge in [-0.3, -0.25) is 9.59 Å². The molecule has 1 atom stereocenters. The molecular weight excluding hydrogens is 428 g/mol. The van der Waals surface area contributed by atoms with Gasteiger partial charge in [-0.1, -0.05) is 35.9 Å². The van der Waals surface area contributed by atoms with Crippen LogP contribution in [0.4, 0.5) is 0 Å². The number of amides is 1. The molecule has 3 rings (SSSR count). The number of carbonyl (C=O) groups is 2. The second-order valence-electron chi connectivity index (χ2n) is 8.08. The summed E-state index contributed by atoms with van der Waals surface area (Å²) in [5.74, 6) is -1.11. The third-order valence-electron chi connectivity index (χ3n) is 5.53. The first-order valence-electron chi connectivity index (χ1n) is 10.7. The molecule has 7 heteroatoms. The lowest BCUT2D eigenvalue weighted by Gasteiger charge is -2.27. The Labute approximate surface area is 194 Å². The molecule has 0 aliphatic carbocycles. The average Bonchev–Trinajstić information content (AvgIpc) is 3.00. The lowest BCUT2D eigenvalue weighted by molar-refractivity contribution is -0.139. The number of Topliss-reactive ketones (excluding diaryl/α,β-unsaturated/α-hetero) is 1. The van der Waals surface area contributed by atoms with Crippen molar-refractivity contribution < 1.29 is 19.4 Å². The number of likely N-dealkylation sites (tertiary alicyclic amines) is 1. The SMILES string of the molecule is CCOc1cc(/C(O)=C2\C(=O)C(=O)N(CCCN(C)C)C2c2ccccc2C)ccc1Cl. The number of aliphatic hydroxyl groups excluding tert-OH is 1. The molecule has 2 aromatic carbocycles. The summed E-state index contributed by atoms with van der Waals surface area (Å²) in [6.45, 7) is 5.36. The fraction of sp³-hybridized carbons (Fsp3) is 0.360. The minimum atomic E-state index is -0.687. The van der Waals surface area contributed by atoms with Crippen molar-refractivity contribution >= 4 is 29.1 Å². The van der Waals surface area contributed by atoms with Gasteiger partial charge < -0.3 is 19.6 Å². The van der Waals surface area contributed by atoms with E-state index in [9.17, 15) is 14.7 Å². The van der Waals surface area contributed by atoms with Crippen LogP contribution in [0, 0.1) is 6.92 Å². The highest BCUT2D eigenvalue weighted by Gasteiger charge is 2.46. The Hall–Kier alpha value is -2.83. The molecule has 170 valence electrons. The summed E-state index contributed by atoms with van der Waals surface area (Å²) in [5.41, 5.74) is 2.22. The summed E-state index contributed by atoms with van der Waals surface area (Å²) in [6.07, 6.45) is 0.706. The van der Waals surface area contributed by atoms with E-state index >= 15 is 0 Å². The van der Waals surface area contributed by atoms with Crippen molar-refractivity contribution in [3.05, 3.63) is 69.8 Å². The number of hydrogen-bond donors (Lipinski definition) is 1. The van der Waals surface area contributed by atoms with Crippen LogP contribution in [0.5, 0.6) is 5.75 Å². The Kier molecular flexibility index (Phi) is 7.59. The van der Waals surface area contributed by atoms with Crippen molar-refractivity contribution in [2.45, 2.75) is 26.3 Å². The Bertz CT molecular complexity index is 1050. The molecule has 32 heavy (non-hydrogen) atoms. The molecule has 1 aliphatic rings. The smallest absolute Gasteiger partial charge is 0.295 e. The van der Waals surface area contributed by atoms with Crippen LogP contribution in [0.15, 0.2) is 48.0 Å². The first-order valence-corrected chi connectivity index (χ1v) is 11.1. The van der Waals surface area contributed by atoms with Gasteiger partial charge in [0.05, 0.1) is 23.2 Å². The number of benzene rings is 2. The molecule has 1 heterocycles. The van der Waals surface area contributed by atoms with Gasteiger partial charge in [-0.2, -0.15) is 0 Å². The standard InChI is InChI=1S/C25H29ClN2O4/c1-5-32-20-15-17(11-12-19(20)26)23(29)21-22(18-10-7-6-9-16(18)2)28(25(31)24(21)30)14-8-13-27(3)4/h6-7,9-12,15,22,29H,5,8,13-14H2,1-4H3/b23-21+. The number of aryl methyl sites for hydroxylation is 1. The second kappa shape index (κ2) is 10.2. The van der Waals surface area contributed by atoms with Gasteiger partial charge >= 0.3 is 0 Å². The molecule has 0 bridgehead atoms. The predicted octanol–water partition coefficient (Wildman–Crippen LogP) is 4.42. The topological polar surface area (TPSA) is 70.1 Å². The molecule has 1 N–H and O–H groups in total. The van der Waals surface area contributed by atoms with Gasteiger partial charge in [-0.05, 0) is 70.2 Å². The van der Waals surface area contributed by atoms with Gasteiger partial charge in [0.15, 0.2) is 0 Å². The van der Waals surface area contributed by atoms with E-state index in [0.29, 0.717) is 35.9 Å². The number of halogens is 1. The van der Waals surface area contributed by atoms with Crippen molar-refractivity contribution in [1.82, 2.24) is 9.80 Å². The number of carbonyl (C=O) groups excluding carboxylic acids is 2. The van der Waals surface area contributed by atoms with Crippen LogP contribution in [-0.2, 0) is 9.59 Å². The largest absolute Gasteiger partial charge is 0.507 e. The number of rotatable bonds is 8. The summed E-state index contributed by atoms with van der Waals surface area (Å²) < 4.78 is 5.53. The summed E-state index contributed by atoms with van der Waals surface area (Å²) in [6, 6.07) is 11.8. The molecule has 1 saturated heterocycles. The molecule has 1 unspecified atom stereocenters. The van der Waals surface area contributed by atoms with E-state index in [-0.39, 0.29) is 11.3 Å². The zero-order valence-corrected chi connectivity index (χ0v) is 19.6. The fourth-order valence-corrected chi connectivity index (χ4v) is 4.13. The zero-order valence-electron chi connectivity index (χ0n) is 18.9. The zero-order chi connectivity index (χ0) is 23.4. The van der Waals surface area contributed by atoms with Crippen LogP contribution < -0.4 is 4.74 Å². The summed E-state index contributed by atoms with van der Waals surface area (Å²) in [4.78, 5) is 29.7. The van der Waals surface area contributed by atoms with Crippen molar-refractivity contribution in [2.24, 2.45) is 0 Å². The Balaban J connectivity index is 2.13. The third-order valence-corrected chi connectivity index (χ3v) is 5.84. The molecule has 0 saturated carbocycles. The van der Waals surface area contributed by atoms with E-state index in [1.165, 1.54) is 0 Å². The van der Waals surface area contributed by atoms with E-state index in [4.69, 9.17) is 16.3 Å². The quantitative estimate of drug-likeness (QED) is 0.361. The van der Waals surface area contributed by atoms with Crippen LogP contribution in [0.3, 0.4) is 0 Å². The van der Waals surface area contributed by atoms with Gasteiger partial charge in [-0.25, -0.2) is 0 Å². The summed E-state index contributed by atoms with van der Waals surface area (Å²) >= 11 is 6.19. The van der Waals surface area contributed by atoms with Gasteiger partial charge in [0.2, 0.25) is 0 Å². The van der Waals surface area contributed by atoms with Crippen molar-refractivity contribution in [2.75, 3.05) is 33.8 Å². The number of ketones is 1. The normalized spacial score (nSPS) is 17.9. The van der Waals surface area contributed by atoms with Crippen LogP contribution in [-0.4, -0.2) is 60.4 Å². The van der Waals surface area contributed by atoms with Gasteiger partial charge in [0.25, 0.3) is 11.7 Å². The molecule has 1 amide bonds. The van der Waals surface area contributed by atoms with Crippen LogP contribution in [0.1, 0.15) is 36.1 Å². The maximum absolute atomic E-state index is 13.1. The number of hydrogen-bond acceptors (Lipinski definition) is 5. The first kappa shape index (κ1) is 23.8. The van der Waals surface area contributed by atoms with Gasteiger partial charge in [0.1, 0.15) is 11.5 Å². The predicted molar refractivity (Wildman–Crippen MR) is 126 cm³/mol. The molecular formula is C25H29ClN2O4. The molecule has 0 radical (unpaired) electrons. The van der Waals surface area contributed by atoms with Gasteiger partial charge in [0, 0.05) is 12.1 Å². The summed E-state index contributed by atoms with van der Waals surface area (Å²) in [7, 11) is 3.92. The third kappa shape index (κ3) is 4.81. The average molecular weight is 457 g/mol. The highest BCUT2D eigenvalue weighted by Crippen LogP contribution is 2.41. The molecule has 0 aromatic heterocycles. The van der Waals surface area contributed by atoms with E-state index in [0.717, 1.165) is 17.7 Å². The lowest BCUT2D eigenvalue weighted by atomic mass is 9.92. The molecule has 6 nitrogen and oxygen atoms in total. The van der Waals surface area contributed by atoms with Crippen LogP contribution in [0.2, 0.25) is 5.02 Å². The van der Waals surface area contributed by atoms with E-state index < -0.39 is 17.7 Å². The van der Waals surface area contributed by atoms with Crippen molar-refractivity contribution in [3.63, 3.8) is 0 Å². The maximum Gasteiger partial charge on any atom is 0.295 e. The van der Waals surface area contributed by atoms with Gasteiger partial charge in [-0.15, -0.1) is 0 Å². The lowest BCUT2D eigenvalue weighted by Crippen LogP contribution is -2.32. The van der Waals surface area contributed by atoms with Crippen LogP contribution in [0.25, 0.3) is 5.76 Å². The molecule has 0 spiro atoms. The Morgan fingerprint density at radius 2 is 1.91 bits per heavy atom. The van der Waals surface area contributed by atoms with Crippen molar-refractivity contribution in [1.29, 1.82) is 0 Å². The minimum Gasteiger partial charge on any atom is -0.507 e. The monoisotopic (exact) mass is 456 g/mol. The molecule has 2 aromatic rings. The van der Waals surface area contributed by atoms with E-state index in [1.54, 1.807) is 23.1 Å². The molecule has 1 fully saturated rings. The highest BCUT2D eigenvalue weighted by atomic mass is 35.5. The Morgan fingerprint density at radius 1 is 1.19 bits per heavy atom.